The highest BCUT2D eigenvalue weighted by Crippen LogP contribution is 2.20. The summed E-state index contributed by atoms with van der Waals surface area (Å²) in [6.07, 6.45) is 0.214. The van der Waals surface area contributed by atoms with E-state index < -0.39 is 6.10 Å². The molecule has 0 bridgehead atoms. The minimum atomic E-state index is -0.628. The molecule has 3 aromatic rings. The first-order valence-corrected chi connectivity index (χ1v) is 8.98. The van der Waals surface area contributed by atoms with E-state index in [0.717, 1.165) is 28.9 Å². The third-order valence-corrected chi connectivity index (χ3v) is 4.22. The zero-order valence-corrected chi connectivity index (χ0v) is 15.7. The fraction of sp³-hybridized carbons (Fsp3) is 0.286. The van der Waals surface area contributed by atoms with Crippen molar-refractivity contribution < 1.29 is 14.1 Å². The van der Waals surface area contributed by atoms with Crippen molar-refractivity contribution in [3.63, 3.8) is 0 Å². The Morgan fingerprint density at radius 2 is 1.93 bits per heavy atom. The van der Waals surface area contributed by atoms with Gasteiger partial charge in [-0.25, -0.2) is 0 Å². The van der Waals surface area contributed by atoms with Crippen LogP contribution < -0.4 is 10.1 Å². The maximum atomic E-state index is 12.3. The number of nitrogens with one attached hydrogen (secondary N) is 1. The molecule has 0 aliphatic carbocycles. The molecular formula is C21H23N3O3. The highest BCUT2D eigenvalue weighted by atomic mass is 16.5. The Morgan fingerprint density at radius 3 is 2.67 bits per heavy atom. The molecule has 0 spiro atoms. The number of rotatable bonds is 7. The SMILES string of the molecule is CCc1ccccc1OC(C)C(=O)NCc1nc(-c2ccc(C)cc2)no1. The second-order valence-corrected chi connectivity index (χ2v) is 6.32. The highest BCUT2D eigenvalue weighted by molar-refractivity contribution is 5.80. The van der Waals surface area contributed by atoms with Crippen LogP contribution in [0.1, 0.15) is 30.9 Å². The van der Waals surface area contributed by atoms with Gasteiger partial charge in [-0.1, -0.05) is 60.1 Å². The van der Waals surface area contributed by atoms with Crippen molar-refractivity contribution in [1.29, 1.82) is 0 Å². The van der Waals surface area contributed by atoms with Crippen molar-refractivity contribution in [2.45, 2.75) is 39.8 Å². The Labute approximate surface area is 158 Å². The summed E-state index contributed by atoms with van der Waals surface area (Å²) in [5.41, 5.74) is 3.10. The van der Waals surface area contributed by atoms with Gasteiger partial charge >= 0.3 is 0 Å². The van der Waals surface area contributed by atoms with Gasteiger partial charge in [-0.3, -0.25) is 4.79 Å². The molecule has 3 rings (SSSR count). The number of carbonyl (C=O) groups is 1. The summed E-state index contributed by atoms with van der Waals surface area (Å²) in [6, 6.07) is 15.6. The molecule has 6 heteroatoms. The van der Waals surface area contributed by atoms with Crippen LogP contribution in [0.3, 0.4) is 0 Å². The highest BCUT2D eigenvalue weighted by Gasteiger charge is 2.17. The van der Waals surface area contributed by atoms with Gasteiger partial charge in [-0.15, -0.1) is 0 Å². The van der Waals surface area contributed by atoms with Crippen molar-refractivity contribution >= 4 is 5.91 Å². The lowest BCUT2D eigenvalue weighted by Crippen LogP contribution is -2.36. The Balaban J connectivity index is 1.56. The zero-order valence-electron chi connectivity index (χ0n) is 15.7. The average molecular weight is 365 g/mol. The molecule has 0 aliphatic heterocycles. The Kier molecular flexibility index (Phi) is 5.86. The Bertz CT molecular complexity index is 903. The summed E-state index contributed by atoms with van der Waals surface area (Å²) in [5.74, 6) is 1.33. The van der Waals surface area contributed by atoms with Crippen LogP contribution in [0.4, 0.5) is 0 Å². The number of benzene rings is 2. The van der Waals surface area contributed by atoms with Crippen LogP contribution in [0.5, 0.6) is 5.75 Å². The molecule has 6 nitrogen and oxygen atoms in total. The minimum absolute atomic E-state index is 0.154. The first kappa shape index (κ1) is 18.6. The predicted octanol–water partition coefficient (Wildman–Crippen LogP) is 3.69. The summed E-state index contributed by atoms with van der Waals surface area (Å²) in [6.45, 7) is 5.94. The second kappa shape index (κ2) is 8.49. The molecule has 1 aromatic heterocycles. The van der Waals surface area contributed by atoms with Crippen molar-refractivity contribution in [2.75, 3.05) is 0 Å². The van der Waals surface area contributed by atoms with Gasteiger partial charge in [0.1, 0.15) is 5.75 Å². The topological polar surface area (TPSA) is 77.2 Å². The number of aryl methyl sites for hydroxylation is 2. The van der Waals surface area contributed by atoms with Crippen LogP contribution in [0.15, 0.2) is 53.1 Å². The summed E-state index contributed by atoms with van der Waals surface area (Å²) >= 11 is 0. The van der Waals surface area contributed by atoms with Gasteiger partial charge in [0.15, 0.2) is 6.10 Å². The Morgan fingerprint density at radius 1 is 1.19 bits per heavy atom. The van der Waals surface area contributed by atoms with Crippen molar-refractivity contribution in [3.8, 4) is 17.1 Å². The number of amides is 1. The van der Waals surface area contributed by atoms with Gasteiger partial charge in [0.05, 0.1) is 6.54 Å². The van der Waals surface area contributed by atoms with Crippen molar-refractivity contribution in [2.24, 2.45) is 0 Å². The molecule has 0 aliphatic rings. The van der Waals surface area contributed by atoms with E-state index in [-0.39, 0.29) is 12.5 Å². The van der Waals surface area contributed by atoms with Crippen LogP contribution in [-0.4, -0.2) is 22.2 Å². The number of para-hydroxylation sites is 1. The maximum Gasteiger partial charge on any atom is 0.261 e. The van der Waals surface area contributed by atoms with Gasteiger partial charge in [-0.2, -0.15) is 4.98 Å². The molecule has 27 heavy (non-hydrogen) atoms. The fourth-order valence-electron chi connectivity index (χ4n) is 2.61. The largest absolute Gasteiger partial charge is 0.481 e. The van der Waals surface area contributed by atoms with E-state index in [1.165, 1.54) is 0 Å². The zero-order chi connectivity index (χ0) is 19.2. The van der Waals surface area contributed by atoms with Gasteiger partial charge in [0.25, 0.3) is 5.91 Å². The standard InChI is InChI=1S/C21H23N3O3/c1-4-16-7-5-6-8-18(16)26-15(3)21(25)22-13-19-23-20(24-27-19)17-11-9-14(2)10-12-17/h5-12,15H,4,13H2,1-3H3,(H,22,25). The van der Waals surface area contributed by atoms with Crippen molar-refractivity contribution in [1.82, 2.24) is 15.5 Å². The number of aromatic nitrogens is 2. The number of nitrogens with zero attached hydrogens (tertiary/aromatic N) is 2. The van der Waals surface area contributed by atoms with Gasteiger partial charge in [-0.05, 0) is 31.9 Å². The maximum absolute atomic E-state index is 12.3. The third kappa shape index (κ3) is 4.73. The van der Waals surface area contributed by atoms with Crippen molar-refractivity contribution in [3.05, 3.63) is 65.5 Å². The first-order chi connectivity index (χ1) is 13.1. The number of ether oxygens (including phenoxy) is 1. The van der Waals surface area contributed by atoms with E-state index in [1.54, 1.807) is 6.92 Å². The van der Waals surface area contributed by atoms with Crippen LogP contribution in [-0.2, 0) is 17.8 Å². The number of hydrogen-bond acceptors (Lipinski definition) is 5. The minimum Gasteiger partial charge on any atom is -0.481 e. The smallest absolute Gasteiger partial charge is 0.261 e. The average Bonchev–Trinajstić information content (AvgIpc) is 3.16. The van der Waals surface area contributed by atoms with E-state index in [4.69, 9.17) is 9.26 Å². The summed E-state index contributed by atoms with van der Waals surface area (Å²) in [5, 5.41) is 6.73. The molecule has 0 saturated carbocycles. The van der Waals surface area contributed by atoms with Gasteiger partial charge in [0, 0.05) is 5.56 Å². The second-order valence-electron chi connectivity index (χ2n) is 6.32. The van der Waals surface area contributed by atoms with E-state index >= 15 is 0 Å². The van der Waals surface area contributed by atoms with Crippen LogP contribution in [0.2, 0.25) is 0 Å². The lowest BCUT2D eigenvalue weighted by molar-refractivity contribution is -0.127. The molecule has 0 radical (unpaired) electrons. The third-order valence-electron chi connectivity index (χ3n) is 4.22. The normalized spacial score (nSPS) is 11.8. The van der Waals surface area contributed by atoms with Crippen LogP contribution in [0, 0.1) is 6.92 Å². The molecule has 1 heterocycles. The van der Waals surface area contributed by atoms with Gasteiger partial charge < -0.3 is 14.6 Å². The van der Waals surface area contributed by atoms with E-state index in [2.05, 4.69) is 15.5 Å². The Hall–Kier alpha value is -3.15. The molecule has 0 saturated heterocycles. The van der Waals surface area contributed by atoms with Crippen LogP contribution in [0.25, 0.3) is 11.4 Å². The quantitative estimate of drug-likeness (QED) is 0.691. The lowest BCUT2D eigenvalue weighted by atomic mass is 10.1. The molecular weight excluding hydrogens is 342 g/mol. The summed E-state index contributed by atoms with van der Waals surface area (Å²) < 4.78 is 11.0. The number of hydrogen-bond donors (Lipinski definition) is 1. The fourth-order valence-corrected chi connectivity index (χ4v) is 2.61. The molecule has 1 atom stereocenters. The summed E-state index contributed by atoms with van der Waals surface area (Å²) in [4.78, 5) is 16.6. The van der Waals surface area contributed by atoms with Gasteiger partial charge in [0.2, 0.25) is 11.7 Å². The lowest BCUT2D eigenvalue weighted by Gasteiger charge is -2.16. The first-order valence-electron chi connectivity index (χ1n) is 8.98. The number of carbonyl (C=O) groups excluding carboxylic acids is 1. The molecule has 140 valence electrons. The van der Waals surface area contributed by atoms with E-state index in [9.17, 15) is 4.79 Å². The molecule has 0 fully saturated rings. The molecule has 1 amide bonds. The molecule has 1 unspecified atom stereocenters. The molecule has 1 N–H and O–H groups in total. The van der Waals surface area contributed by atoms with E-state index in [0.29, 0.717) is 11.7 Å². The van der Waals surface area contributed by atoms with E-state index in [1.807, 2.05) is 62.4 Å². The predicted molar refractivity (Wildman–Crippen MR) is 102 cm³/mol. The monoisotopic (exact) mass is 365 g/mol. The molecule has 2 aromatic carbocycles. The summed E-state index contributed by atoms with van der Waals surface area (Å²) in [7, 11) is 0. The van der Waals surface area contributed by atoms with Crippen LogP contribution >= 0.6 is 0 Å².